The molecule has 1 heterocycles. The monoisotopic (exact) mass is 268 g/mol. The summed E-state index contributed by atoms with van der Waals surface area (Å²) in [5.74, 6) is 0. The Hall–Kier alpha value is -1.90. The Bertz CT molecular complexity index is 720. The molecule has 0 saturated carbocycles. The molecule has 3 rings (SSSR count). The lowest BCUT2D eigenvalue weighted by Crippen LogP contribution is -1.95. The first-order valence-corrected chi connectivity index (χ1v) is 6.49. The van der Waals surface area contributed by atoms with Gasteiger partial charge in [-0.2, -0.15) is 0 Å². The molecule has 3 aromatic rings. The molecule has 2 N–H and O–H groups in total. The lowest BCUT2D eigenvalue weighted by atomic mass is 10.0. The number of pyridine rings is 1. The summed E-state index contributed by atoms with van der Waals surface area (Å²) in [5.41, 5.74) is 9.02. The number of nitrogens with two attached hydrogens (primary N) is 1. The Morgan fingerprint density at radius 2 is 1.68 bits per heavy atom. The molecule has 0 saturated heterocycles. The fourth-order valence-corrected chi connectivity index (χ4v) is 2.37. The van der Waals surface area contributed by atoms with Crippen LogP contribution in [0.25, 0.3) is 21.9 Å². The molecule has 2 nitrogen and oxygen atoms in total. The Balaban J connectivity index is 2.11. The molecule has 0 radical (unpaired) electrons. The zero-order chi connectivity index (χ0) is 13.2. The van der Waals surface area contributed by atoms with Crippen LogP contribution < -0.4 is 5.73 Å². The van der Waals surface area contributed by atoms with E-state index in [-0.39, 0.29) is 0 Å². The number of hydrogen-bond donors (Lipinski definition) is 1. The second-order valence-electron chi connectivity index (χ2n) is 4.44. The van der Waals surface area contributed by atoms with Gasteiger partial charge in [-0.25, -0.2) is 4.98 Å². The smallest absolute Gasteiger partial charge is 0.136 e. The fourth-order valence-electron chi connectivity index (χ4n) is 2.15. The van der Waals surface area contributed by atoms with Crippen LogP contribution in [-0.4, -0.2) is 4.98 Å². The maximum atomic E-state index is 6.14. The predicted molar refractivity (Wildman–Crippen MR) is 80.1 cm³/mol. The van der Waals surface area contributed by atoms with Crippen LogP contribution in [0.1, 0.15) is 5.56 Å². The minimum atomic E-state index is 0.540. The van der Waals surface area contributed by atoms with Crippen molar-refractivity contribution in [2.45, 2.75) is 6.54 Å². The zero-order valence-corrected chi connectivity index (χ0v) is 11.1. The highest BCUT2D eigenvalue weighted by Crippen LogP contribution is 2.27. The first-order chi connectivity index (χ1) is 9.28. The van der Waals surface area contributed by atoms with Crippen molar-refractivity contribution in [1.29, 1.82) is 0 Å². The van der Waals surface area contributed by atoms with Gasteiger partial charge >= 0.3 is 0 Å². The van der Waals surface area contributed by atoms with E-state index in [0.29, 0.717) is 11.7 Å². The maximum absolute atomic E-state index is 6.14. The van der Waals surface area contributed by atoms with Crippen LogP contribution in [0.15, 0.2) is 54.7 Å². The number of aromatic nitrogens is 1. The second-order valence-corrected chi connectivity index (χ2v) is 4.80. The molecule has 0 aliphatic carbocycles. The van der Waals surface area contributed by atoms with Crippen LogP contribution in [0.4, 0.5) is 0 Å². The average Bonchev–Trinajstić information content (AvgIpc) is 2.47. The van der Waals surface area contributed by atoms with Gasteiger partial charge in [0.25, 0.3) is 0 Å². The van der Waals surface area contributed by atoms with E-state index in [1.54, 1.807) is 6.20 Å². The lowest BCUT2D eigenvalue weighted by Gasteiger charge is -2.06. The molecule has 0 fully saturated rings. The second kappa shape index (κ2) is 5.00. The molecule has 94 valence electrons. The van der Waals surface area contributed by atoms with E-state index in [9.17, 15) is 0 Å². The van der Waals surface area contributed by atoms with Crippen molar-refractivity contribution in [3.05, 3.63) is 65.4 Å². The SMILES string of the molecule is NCc1ccc(-c2ccc3ccnc(Cl)c3c2)cc1. The first kappa shape index (κ1) is 12.2. The van der Waals surface area contributed by atoms with Gasteiger partial charge < -0.3 is 5.73 Å². The third kappa shape index (κ3) is 2.33. The van der Waals surface area contributed by atoms with Gasteiger partial charge in [-0.15, -0.1) is 0 Å². The molecule has 0 spiro atoms. The molecular formula is C16H13ClN2. The van der Waals surface area contributed by atoms with Crippen LogP contribution >= 0.6 is 11.6 Å². The number of benzene rings is 2. The van der Waals surface area contributed by atoms with Gasteiger partial charge in [0, 0.05) is 18.1 Å². The number of nitrogens with zero attached hydrogens (tertiary/aromatic N) is 1. The van der Waals surface area contributed by atoms with E-state index >= 15 is 0 Å². The van der Waals surface area contributed by atoms with Crippen molar-refractivity contribution in [2.24, 2.45) is 5.73 Å². The van der Waals surface area contributed by atoms with Gasteiger partial charge in [-0.3, -0.25) is 0 Å². The highest BCUT2D eigenvalue weighted by molar-refractivity contribution is 6.34. The average molecular weight is 269 g/mol. The molecule has 0 aliphatic rings. The van der Waals surface area contributed by atoms with E-state index in [1.807, 2.05) is 18.2 Å². The zero-order valence-electron chi connectivity index (χ0n) is 10.3. The highest BCUT2D eigenvalue weighted by atomic mass is 35.5. The minimum absolute atomic E-state index is 0.540. The van der Waals surface area contributed by atoms with Gasteiger partial charge in [-0.05, 0) is 34.2 Å². The first-order valence-electron chi connectivity index (χ1n) is 6.11. The van der Waals surface area contributed by atoms with E-state index in [4.69, 9.17) is 17.3 Å². The lowest BCUT2D eigenvalue weighted by molar-refractivity contribution is 1.07. The topological polar surface area (TPSA) is 38.9 Å². The quantitative estimate of drug-likeness (QED) is 0.713. The van der Waals surface area contributed by atoms with Gasteiger partial charge in [0.1, 0.15) is 5.15 Å². The summed E-state index contributed by atoms with van der Waals surface area (Å²) in [6.45, 7) is 0.563. The van der Waals surface area contributed by atoms with Crippen LogP contribution in [0.2, 0.25) is 5.15 Å². The summed E-state index contributed by atoms with van der Waals surface area (Å²) in [7, 11) is 0. The van der Waals surface area contributed by atoms with Crippen LogP contribution in [0, 0.1) is 0 Å². The Morgan fingerprint density at radius 1 is 0.947 bits per heavy atom. The van der Waals surface area contributed by atoms with Crippen molar-refractivity contribution in [3.8, 4) is 11.1 Å². The molecule has 0 unspecified atom stereocenters. The number of fused-ring (bicyclic) bond motifs is 1. The third-order valence-corrected chi connectivity index (χ3v) is 3.54. The highest BCUT2D eigenvalue weighted by Gasteiger charge is 2.03. The summed E-state index contributed by atoms with van der Waals surface area (Å²) >= 11 is 6.14. The van der Waals surface area contributed by atoms with E-state index in [2.05, 4.69) is 35.3 Å². The Labute approximate surface area is 116 Å². The predicted octanol–water partition coefficient (Wildman–Crippen LogP) is 4.01. The van der Waals surface area contributed by atoms with Crippen molar-refractivity contribution in [1.82, 2.24) is 4.98 Å². The summed E-state index contributed by atoms with van der Waals surface area (Å²) in [4.78, 5) is 4.12. The summed E-state index contributed by atoms with van der Waals surface area (Å²) in [5, 5.41) is 2.62. The molecule has 3 heteroatoms. The third-order valence-electron chi connectivity index (χ3n) is 3.24. The van der Waals surface area contributed by atoms with E-state index < -0.39 is 0 Å². The summed E-state index contributed by atoms with van der Waals surface area (Å²) < 4.78 is 0. The fraction of sp³-hybridized carbons (Fsp3) is 0.0625. The maximum Gasteiger partial charge on any atom is 0.136 e. The molecule has 0 bridgehead atoms. The van der Waals surface area contributed by atoms with Crippen molar-refractivity contribution in [3.63, 3.8) is 0 Å². The Kier molecular flexibility index (Phi) is 3.20. The van der Waals surface area contributed by atoms with E-state index in [0.717, 1.165) is 27.5 Å². The van der Waals surface area contributed by atoms with E-state index in [1.165, 1.54) is 0 Å². The van der Waals surface area contributed by atoms with Gasteiger partial charge in [0.2, 0.25) is 0 Å². The normalized spacial score (nSPS) is 10.8. The molecule has 0 atom stereocenters. The minimum Gasteiger partial charge on any atom is -0.326 e. The molecule has 0 aliphatic heterocycles. The number of halogens is 1. The van der Waals surface area contributed by atoms with Crippen LogP contribution in [-0.2, 0) is 6.54 Å². The van der Waals surface area contributed by atoms with Crippen molar-refractivity contribution >= 4 is 22.4 Å². The summed E-state index contributed by atoms with van der Waals surface area (Å²) in [6.07, 6.45) is 1.72. The molecule has 19 heavy (non-hydrogen) atoms. The molecule has 2 aromatic carbocycles. The number of rotatable bonds is 2. The van der Waals surface area contributed by atoms with Crippen molar-refractivity contribution in [2.75, 3.05) is 0 Å². The molecular weight excluding hydrogens is 256 g/mol. The van der Waals surface area contributed by atoms with Crippen LogP contribution in [0.5, 0.6) is 0 Å². The summed E-state index contributed by atoms with van der Waals surface area (Å²) in [6, 6.07) is 16.4. The van der Waals surface area contributed by atoms with Gasteiger partial charge in [0.15, 0.2) is 0 Å². The Morgan fingerprint density at radius 3 is 2.42 bits per heavy atom. The molecule has 0 amide bonds. The standard InChI is InChI=1S/C16H13ClN2/c17-16-15-9-14(6-5-13(15)7-8-19-16)12-3-1-11(10-18)2-4-12/h1-9H,10,18H2. The van der Waals surface area contributed by atoms with Gasteiger partial charge in [0.05, 0.1) is 0 Å². The van der Waals surface area contributed by atoms with Crippen LogP contribution in [0.3, 0.4) is 0 Å². The number of hydrogen-bond acceptors (Lipinski definition) is 2. The molecule has 1 aromatic heterocycles. The van der Waals surface area contributed by atoms with Gasteiger partial charge in [-0.1, -0.05) is 48.0 Å². The largest absolute Gasteiger partial charge is 0.326 e. The van der Waals surface area contributed by atoms with Crippen molar-refractivity contribution < 1.29 is 0 Å².